The first-order chi connectivity index (χ1) is 9.79. The number of likely N-dealkylation sites (tertiary alicyclic amines) is 1. The Morgan fingerprint density at radius 3 is 2.70 bits per heavy atom. The van der Waals surface area contributed by atoms with Crippen molar-refractivity contribution in [1.29, 1.82) is 0 Å². The van der Waals surface area contributed by atoms with Crippen LogP contribution < -0.4 is 0 Å². The molecule has 104 valence electrons. The number of nitrogens with zero attached hydrogens (tertiary/aromatic N) is 1. The van der Waals surface area contributed by atoms with E-state index in [0.29, 0.717) is 0 Å². The Bertz CT molecular complexity index is 624. The van der Waals surface area contributed by atoms with Gasteiger partial charge in [0.1, 0.15) is 0 Å². The molecule has 2 fully saturated rings. The monoisotopic (exact) mass is 267 g/mol. The molecule has 0 aromatic heterocycles. The van der Waals surface area contributed by atoms with Crippen molar-refractivity contribution in [2.24, 2.45) is 5.92 Å². The Morgan fingerprint density at radius 1 is 1.10 bits per heavy atom. The fourth-order valence-electron chi connectivity index (χ4n) is 3.99. The van der Waals surface area contributed by atoms with Crippen LogP contribution in [0.25, 0.3) is 10.8 Å². The molecule has 1 saturated heterocycles. The molecule has 0 radical (unpaired) electrons. The Labute approximate surface area is 120 Å². The van der Waals surface area contributed by atoms with Gasteiger partial charge in [-0.3, -0.25) is 4.90 Å². The van der Waals surface area contributed by atoms with Crippen LogP contribution in [-0.2, 0) is 0 Å². The SMILES string of the molecule is OC(CN1CC2CCC1C2)c1ccc2ccccc2c1. The minimum absolute atomic E-state index is 0.362. The zero-order valence-electron chi connectivity index (χ0n) is 11.7. The number of aliphatic hydroxyl groups is 1. The number of piperidine rings is 1. The van der Waals surface area contributed by atoms with Gasteiger partial charge in [-0.15, -0.1) is 0 Å². The average Bonchev–Trinajstić information content (AvgIpc) is 3.09. The van der Waals surface area contributed by atoms with E-state index in [0.717, 1.165) is 24.1 Å². The fraction of sp³-hybridized carbons (Fsp3) is 0.444. The van der Waals surface area contributed by atoms with Gasteiger partial charge in [-0.1, -0.05) is 36.4 Å². The van der Waals surface area contributed by atoms with Gasteiger partial charge in [0, 0.05) is 19.1 Å². The lowest BCUT2D eigenvalue weighted by Gasteiger charge is -2.29. The van der Waals surface area contributed by atoms with E-state index in [1.807, 2.05) is 0 Å². The summed E-state index contributed by atoms with van der Waals surface area (Å²) in [5.41, 5.74) is 1.05. The van der Waals surface area contributed by atoms with Crippen LogP contribution in [0.3, 0.4) is 0 Å². The van der Waals surface area contributed by atoms with Crippen molar-refractivity contribution < 1.29 is 5.11 Å². The van der Waals surface area contributed by atoms with E-state index in [1.54, 1.807) is 0 Å². The van der Waals surface area contributed by atoms with Crippen molar-refractivity contribution >= 4 is 10.8 Å². The van der Waals surface area contributed by atoms with Gasteiger partial charge in [0.15, 0.2) is 0 Å². The van der Waals surface area contributed by atoms with E-state index >= 15 is 0 Å². The highest BCUT2D eigenvalue weighted by Crippen LogP contribution is 2.38. The number of hydrogen-bond donors (Lipinski definition) is 1. The molecule has 1 saturated carbocycles. The molecular formula is C18H21NO. The van der Waals surface area contributed by atoms with Gasteiger partial charge in [0.05, 0.1) is 6.10 Å². The van der Waals surface area contributed by atoms with E-state index in [9.17, 15) is 5.11 Å². The second-order valence-electron chi connectivity index (χ2n) is 6.41. The van der Waals surface area contributed by atoms with E-state index < -0.39 is 0 Å². The summed E-state index contributed by atoms with van der Waals surface area (Å²) in [5.74, 6) is 0.892. The molecule has 1 aliphatic carbocycles. The van der Waals surface area contributed by atoms with Gasteiger partial charge in [0.25, 0.3) is 0 Å². The van der Waals surface area contributed by atoms with Crippen molar-refractivity contribution in [3.63, 3.8) is 0 Å². The van der Waals surface area contributed by atoms with Gasteiger partial charge in [-0.2, -0.15) is 0 Å². The van der Waals surface area contributed by atoms with Crippen LogP contribution in [-0.4, -0.2) is 29.1 Å². The number of hydrogen-bond acceptors (Lipinski definition) is 2. The zero-order valence-corrected chi connectivity index (χ0v) is 11.7. The van der Waals surface area contributed by atoms with E-state index in [-0.39, 0.29) is 6.10 Å². The first kappa shape index (κ1) is 12.4. The molecule has 2 heteroatoms. The Morgan fingerprint density at radius 2 is 1.95 bits per heavy atom. The second kappa shape index (κ2) is 4.87. The predicted molar refractivity (Wildman–Crippen MR) is 81.6 cm³/mol. The zero-order chi connectivity index (χ0) is 13.5. The summed E-state index contributed by atoms with van der Waals surface area (Å²) in [6.07, 6.45) is 3.71. The average molecular weight is 267 g/mol. The Hall–Kier alpha value is -1.38. The third-order valence-corrected chi connectivity index (χ3v) is 5.09. The summed E-state index contributed by atoms with van der Waals surface area (Å²) < 4.78 is 0. The second-order valence-corrected chi connectivity index (χ2v) is 6.41. The van der Waals surface area contributed by atoms with Crippen LogP contribution in [0.2, 0.25) is 0 Å². The quantitative estimate of drug-likeness (QED) is 0.921. The molecule has 2 aromatic rings. The molecule has 2 aromatic carbocycles. The van der Waals surface area contributed by atoms with Gasteiger partial charge >= 0.3 is 0 Å². The van der Waals surface area contributed by atoms with Crippen molar-refractivity contribution in [2.75, 3.05) is 13.1 Å². The molecule has 0 spiro atoms. The number of β-amino-alcohol motifs (C(OH)–C–C–N with tert-alkyl or cyclic N) is 1. The first-order valence-corrected chi connectivity index (χ1v) is 7.70. The van der Waals surface area contributed by atoms with Crippen molar-refractivity contribution in [1.82, 2.24) is 4.90 Å². The van der Waals surface area contributed by atoms with Crippen LogP contribution in [0.1, 0.15) is 30.9 Å². The molecule has 3 atom stereocenters. The highest BCUT2D eigenvalue weighted by atomic mass is 16.3. The molecule has 20 heavy (non-hydrogen) atoms. The third-order valence-electron chi connectivity index (χ3n) is 5.09. The lowest BCUT2D eigenvalue weighted by atomic mass is 10.0. The lowest BCUT2D eigenvalue weighted by molar-refractivity contribution is 0.0947. The summed E-state index contributed by atoms with van der Waals surface area (Å²) in [4.78, 5) is 2.49. The lowest BCUT2D eigenvalue weighted by Crippen LogP contribution is -2.35. The Balaban J connectivity index is 1.53. The van der Waals surface area contributed by atoms with Crippen molar-refractivity contribution in [3.8, 4) is 0 Å². The van der Waals surface area contributed by atoms with Crippen LogP contribution >= 0.6 is 0 Å². The summed E-state index contributed by atoms with van der Waals surface area (Å²) in [5, 5.41) is 13.0. The standard InChI is InChI=1S/C18H21NO/c20-18(12-19-11-13-5-8-17(19)9-13)16-7-6-14-3-1-2-4-15(14)10-16/h1-4,6-7,10,13,17-18,20H,5,8-9,11-12H2. The molecule has 4 rings (SSSR count). The van der Waals surface area contributed by atoms with Crippen LogP contribution in [0, 0.1) is 5.92 Å². The van der Waals surface area contributed by atoms with E-state index in [1.165, 1.54) is 36.6 Å². The summed E-state index contributed by atoms with van der Waals surface area (Å²) in [6.45, 7) is 1.98. The molecule has 1 N–H and O–H groups in total. The first-order valence-electron chi connectivity index (χ1n) is 7.70. The molecular weight excluding hydrogens is 246 g/mol. The molecule has 2 nitrogen and oxygen atoms in total. The molecule has 0 amide bonds. The van der Waals surface area contributed by atoms with Gasteiger partial charge in [-0.25, -0.2) is 0 Å². The summed E-state index contributed by atoms with van der Waals surface area (Å²) in [6, 6.07) is 15.4. The normalized spacial score (nSPS) is 27.2. The minimum atomic E-state index is -0.362. The topological polar surface area (TPSA) is 23.5 Å². The van der Waals surface area contributed by atoms with Gasteiger partial charge in [0.2, 0.25) is 0 Å². The van der Waals surface area contributed by atoms with Gasteiger partial charge < -0.3 is 5.11 Å². The maximum absolute atomic E-state index is 10.5. The molecule has 1 heterocycles. The number of aliphatic hydroxyl groups excluding tert-OH is 1. The van der Waals surface area contributed by atoms with E-state index in [2.05, 4.69) is 47.4 Å². The molecule has 2 bridgehead atoms. The van der Waals surface area contributed by atoms with Crippen LogP contribution in [0.15, 0.2) is 42.5 Å². The van der Waals surface area contributed by atoms with Gasteiger partial charge in [-0.05, 0) is 47.6 Å². The smallest absolute Gasteiger partial charge is 0.0917 e. The minimum Gasteiger partial charge on any atom is -0.387 e. The fourth-order valence-corrected chi connectivity index (χ4v) is 3.99. The van der Waals surface area contributed by atoms with E-state index in [4.69, 9.17) is 0 Å². The third kappa shape index (κ3) is 2.13. The number of fused-ring (bicyclic) bond motifs is 3. The van der Waals surface area contributed by atoms with Crippen molar-refractivity contribution in [2.45, 2.75) is 31.4 Å². The molecule has 3 unspecified atom stereocenters. The largest absolute Gasteiger partial charge is 0.387 e. The molecule has 2 aliphatic rings. The summed E-state index contributed by atoms with van der Waals surface area (Å²) >= 11 is 0. The molecule has 1 aliphatic heterocycles. The maximum atomic E-state index is 10.5. The van der Waals surface area contributed by atoms with Crippen molar-refractivity contribution in [3.05, 3.63) is 48.0 Å². The maximum Gasteiger partial charge on any atom is 0.0917 e. The van der Waals surface area contributed by atoms with Crippen LogP contribution in [0.5, 0.6) is 0 Å². The summed E-state index contributed by atoms with van der Waals surface area (Å²) in [7, 11) is 0. The van der Waals surface area contributed by atoms with Crippen LogP contribution in [0.4, 0.5) is 0 Å². The highest BCUT2D eigenvalue weighted by Gasteiger charge is 2.38. The number of rotatable bonds is 3. The predicted octanol–water partition coefficient (Wildman–Crippen LogP) is 3.36. The Kier molecular flexibility index (Phi) is 3.01. The number of benzene rings is 2. The highest BCUT2D eigenvalue weighted by molar-refractivity contribution is 5.83.